The number of thioether (sulfide) groups is 1. The Bertz CT molecular complexity index is 618. The molecule has 2 N–H and O–H groups in total. The average molecular weight is 335 g/mol. The van der Waals surface area contributed by atoms with Crippen molar-refractivity contribution >= 4 is 40.4 Å². The van der Waals surface area contributed by atoms with Crippen LogP contribution >= 0.6 is 11.8 Å². The Kier molecular flexibility index (Phi) is 4.70. The number of hydrogen-bond acceptors (Lipinski definition) is 7. The van der Waals surface area contributed by atoms with Gasteiger partial charge < -0.3 is 10.6 Å². The van der Waals surface area contributed by atoms with E-state index < -0.39 is 0 Å². The zero-order valence-electron chi connectivity index (χ0n) is 13.2. The third-order valence-corrected chi connectivity index (χ3v) is 5.05. The number of aromatic nitrogens is 2. The van der Waals surface area contributed by atoms with Crippen LogP contribution in [0.1, 0.15) is 32.6 Å². The molecule has 0 spiro atoms. The predicted molar refractivity (Wildman–Crippen MR) is 91.5 cm³/mol. The maximum atomic E-state index is 12.2. The number of piperidine rings is 1. The number of nitrogens with two attached hydrogens (primary N) is 1. The molecule has 3 heterocycles. The quantitative estimate of drug-likeness (QED) is 0.893. The van der Waals surface area contributed by atoms with E-state index in [1.807, 2.05) is 0 Å². The van der Waals surface area contributed by atoms with Crippen molar-refractivity contribution in [3.63, 3.8) is 0 Å². The summed E-state index contributed by atoms with van der Waals surface area (Å²) >= 11 is 1.20. The molecule has 2 fully saturated rings. The lowest BCUT2D eigenvalue weighted by atomic mass is 10.1. The van der Waals surface area contributed by atoms with E-state index in [-0.39, 0.29) is 16.3 Å². The molecule has 2 saturated heterocycles. The topological polar surface area (TPSA) is 92.4 Å². The number of rotatable bonds is 3. The maximum Gasteiger partial charge on any atom is 0.236 e. The van der Waals surface area contributed by atoms with Crippen LogP contribution < -0.4 is 15.5 Å². The molecule has 3 rings (SSSR count). The van der Waals surface area contributed by atoms with Gasteiger partial charge in [0.1, 0.15) is 11.6 Å². The van der Waals surface area contributed by atoms with Crippen molar-refractivity contribution in [1.29, 1.82) is 0 Å². The zero-order valence-corrected chi connectivity index (χ0v) is 14.0. The second-order valence-electron chi connectivity index (χ2n) is 5.94. The summed E-state index contributed by atoms with van der Waals surface area (Å²) in [5.41, 5.74) is 5.92. The molecular weight excluding hydrogens is 314 g/mol. The molecule has 0 aromatic carbocycles. The molecule has 23 heavy (non-hydrogen) atoms. The SMILES string of the molecule is CC(=O)SC1CC(=O)N(c2nc(N)cc(N3CCCCC3)n2)C1. The Morgan fingerprint density at radius 2 is 2.04 bits per heavy atom. The second kappa shape index (κ2) is 6.74. The molecule has 0 bridgehead atoms. The fourth-order valence-corrected chi connectivity index (χ4v) is 3.95. The van der Waals surface area contributed by atoms with Crippen molar-refractivity contribution < 1.29 is 9.59 Å². The normalized spacial score (nSPS) is 21.8. The van der Waals surface area contributed by atoms with Crippen LogP contribution in [0, 0.1) is 0 Å². The Morgan fingerprint density at radius 1 is 1.30 bits per heavy atom. The van der Waals surface area contributed by atoms with E-state index >= 15 is 0 Å². The van der Waals surface area contributed by atoms with Gasteiger partial charge >= 0.3 is 0 Å². The lowest BCUT2D eigenvalue weighted by Gasteiger charge is -2.28. The van der Waals surface area contributed by atoms with Crippen LogP contribution in [0.5, 0.6) is 0 Å². The average Bonchev–Trinajstić information content (AvgIpc) is 2.87. The summed E-state index contributed by atoms with van der Waals surface area (Å²) in [5, 5.41) is -0.0179. The number of nitrogens with zero attached hydrogens (tertiary/aromatic N) is 4. The molecule has 7 nitrogen and oxygen atoms in total. The number of amides is 1. The number of nitrogen functional groups attached to an aromatic ring is 1. The van der Waals surface area contributed by atoms with Crippen LogP contribution in [-0.2, 0) is 9.59 Å². The predicted octanol–water partition coefficient (Wildman–Crippen LogP) is 1.43. The van der Waals surface area contributed by atoms with Gasteiger partial charge in [-0.3, -0.25) is 14.5 Å². The molecule has 1 unspecified atom stereocenters. The van der Waals surface area contributed by atoms with Gasteiger partial charge in [0.25, 0.3) is 0 Å². The third-order valence-electron chi connectivity index (χ3n) is 4.06. The first kappa shape index (κ1) is 16.0. The van der Waals surface area contributed by atoms with Crippen molar-refractivity contribution in [2.45, 2.75) is 37.9 Å². The van der Waals surface area contributed by atoms with Gasteiger partial charge in [-0.05, 0) is 19.3 Å². The molecule has 1 aromatic rings. The standard InChI is InChI=1S/C15H21N5O2S/c1-10(21)23-11-7-14(22)20(9-11)15-17-12(16)8-13(18-15)19-5-3-2-4-6-19/h8,11H,2-7,9H2,1H3,(H2,16,17,18). The number of anilines is 3. The monoisotopic (exact) mass is 335 g/mol. The van der Waals surface area contributed by atoms with Gasteiger partial charge in [-0.15, -0.1) is 0 Å². The Hall–Kier alpha value is -1.83. The summed E-state index contributed by atoms with van der Waals surface area (Å²) in [5.74, 6) is 1.44. The highest BCUT2D eigenvalue weighted by atomic mass is 32.2. The van der Waals surface area contributed by atoms with Gasteiger partial charge in [-0.25, -0.2) is 0 Å². The number of carbonyl (C=O) groups is 2. The van der Waals surface area contributed by atoms with Crippen molar-refractivity contribution in [2.75, 3.05) is 35.2 Å². The second-order valence-corrected chi connectivity index (χ2v) is 7.42. The van der Waals surface area contributed by atoms with Crippen LogP contribution in [0.15, 0.2) is 6.07 Å². The van der Waals surface area contributed by atoms with Crippen molar-refractivity contribution in [2.24, 2.45) is 0 Å². The van der Waals surface area contributed by atoms with E-state index in [1.54, 1.807) is 11.0 Å². The summed E-state index contributed by atoms with van der Waals surface area (Å²) in [7, 11) is 0. The Morgan fingerprint density at radius 3 is 2.74 bits per heavy atom. The van der Waals surface area contributed by atoms with Crippen molar-refractivity contribution in [1.82, 2.24) is 9.97 Å². The molecule has 0 saturated carbocycles. The lowest BCUT2D eigenvalue weighted by molar-refractivity contribution is -0.117. The first-order valence-corrected chi connectivity index (χ1v) is 8.78. The molecule has 2 aliphatic rings. The highest BCUT2D eigenvalue weighted by Gasteiger charge is 2.34. The molecular formula is C15H21N5O2S. The smallest absolute Gasteiger partial charge is 0.236 e. The molecule has 124 valence electrons. The van der Waals surface area contributed by atoms with Gasteiger partial charge in [0.2, 0.25) is 11.9 Å². The van der Waals surface area contributed by atoms with Crippen LogP contribution in [0.4, 0.5) is 17.6 Å². The molecule has 0 radical (unpaired) electrons. The van der Waals surface area contributed by atoms with Crippen molar-refractivity contribution in [3.05, 3.63) is 6.07 Å². The van der Waals surface area contributed by atoms with E-state index in [2.05, 4.69) is 14.9 Å². The minimum absolute atomic E-state index is 0.0205. The van der Waals surface area contributed by atoms with E-state index in [4.69, 9.17) is 5.73 Å². The van der Waals surface area contributed by atoms with E-state index in [1.165, 1.54) is 25.1 Å². The highest BCUT2D eigenvalue weighted by Crippen LogP contribution is 2.29. The minimum Gasteiger partial charge on any atom is -0.383 e. The fourth-order valence-electron chi connectivity index (χ4n) is 3.03. The van der Waals surface area contributed by atoms with Crippen LogP contribution in [0.3, 0.4) is 0 Å². The van der Waals surface area contributed by atoms with E-state index in [0.717, 1.165) is 31.7 Å². The van der Waals surface area contributed by atoms with Gasteiger partial charge in [0, 0.05) is 44.3 Å². The largest absolute Gasteiger partial charge is 0.383 e. The summed E-state index contributed by atoms with van der Waals surface area (Å²) in [6.45, 7) is 3.87. The first-order chi connectivity index (χ1) is 11.0. The Labute approximate surface area is 139 Å². The minimum atomic E-state index is -0.0565. The number of carbonyl (C=O) groups excluding carboxylic acids is 2. The third kappa shape index (κ3) is 3.74. The zero-order chi connectivity index (χ0) is 16.4. The van der Waals surface area contributed by atoms with Crippen molar-refractivity contribution in [3.8, 4) is 0 Å². The lowest BCUT2D eigenvalue weighted by Crippen LogP contribution is -2.32. The van der Waals surface area contributed by atoms with Crippen LogP contribution in [0.25, 0.3) is 0 Å². The van der Waals surface area contributed by atoms with Gasteiger partial charge in [-0.1, -0.05) is 11.8 Å². The summed E-state index contributed by atoms with van der Waals surface area (Å²) in [6, 6.07) is 1.76. The Balaban J connectivity index is 1.80. The summed E-state index contributed by atoms with van der Waals surface area (Å²) < 4.78 is 0. The molecule has 2 aliphatic heterocycles. The molecule has 1 amide bonds. The number of hydrogen-bond donors (Lipinski definition) is 1. The first-order valence-electron chi connectivity index (χ1n) is 7.90. The van der Waals surface area contributed by atoms with Gasteiger partial charge in [-0.2, -0.15) is 9.97 Å². The molecule has 0 aliphatic carbocycles. The van der Waals surface area contributed by atoms with Gasteiger partial charge in [0.05, 0.1) is 0 Å². The molecule has 1 atom stereocenters. The van der Waals surface area contributed by atoms with E-state index in [0.29, 0.717) is 24.7 Å². The molecule has 8 heteroatoms. The van der Waals surface area contributed by atoms with Gasteiger partial charge in [0.15, 0.2) is 5.12 Å². The van der Waals surface area contributed by atoms with Crippen LogP contribution in [-0.4, -0.2) is 45.9 Å². The highest BCUT2D eigenvalue weighted by molar-refractivity contribution is 8.14. The molecule has 1 aromatic heterocycles. The fraction of sp³-hybridized carbons (Fsp3) is 0.600. The van der Waals surface area contributed by atoms with E-state index in [9.17, 15) is 9.59 Å². The maximum absolute atomic E-state index is 12.2. The summed E-state index contributed by atoms with van der Waals surface area (Å²) in [4.78, 5) is 36.0. The summed E-state index contributed by atoms with van der Waals surface area (Å²) in [6.07, 6.45) is 3.85. The van der Waals surface area contributed by atoms with Crippen LogP contribution in [0.2, 0.25) is 0 Å².